The van der Waals surface area contributed by atoms with Gasteiger partial charge in [0.2, 0.25) is 5.91 Å². The Balaban J connectivity index is 1.28. The number of benzene rings is 4. The molecular formula is C31H27F3N4O3. The molecule has 41 heavy (non-hydrogen) atoms. The van der Waals surface area contributed by atoms with Crippen molar-refractivity contribution in [1.82, 2.24) is 5.32 Å². The lowest BCUT2D eigenvalue weighted by Gasteiger charge is -2.14. The van der Waals surface area contributed by atoms with Crippen LogP contribution in [0.25, 0.3) is 0 Å². The summed E-state index contributed by atoms with van der Waals surface area (Å²) in [5.41, 5.74) is 1.71. The van der Waals surface area contributed by atoms with Crippen LogP contribution in [0.3, 0.4) is 0 Å². The van der Waals surface area contributed by atoms with Crippen molar-refractivity contribution in [3.05, 3.63) is 125 Å². The van der Waals surface area contributed by atoms with Crippen LogP contribution in [0.4, 0.5) is 30.2 Å². The fourth-order valence-electron chi connectivity index (χ4n) is 3.95. The Morgan fingerprint density at radius 1 is 0.683 bits per heavy atom. The Morgan fingerprint density at radius 2 is 1.34 bits per heavy atom. The number of hydrogen-bond donors (Lipinski definition) is 4. The standard InChI is InChI=1S/C31H27F3N4O3/c1-20(21-7-3-2-4-8-21)36-29(40)22-13-15-25(16-14-22)35-19-28(39)37-26-11-5-9-23(17-26)30(41)38-27-12-6-10-24(18-27)31(32,33)34/h2-18,20,35H,19H2,1H3,(H,36,40)(H,37,39)(H,38,41). The second-order valence-electron chi connectivity index (χ2n) is 9.20. The minimum atomic E-state index is -4.53. The predicted octanol–water partition coefficient (Wildman–Crippen LogP) is 6.50. The van der Waals surface area contributed by atoms with Crippen molar-refractivity contribution in [3.63, 3.8) is 0 Å². The molecule has 3 amide bonds. The van der Waals surface area contributed by atoms with E-state index in [1.165, 1.54) is 24.3 Å². The van der Waals surface area contributed by atoms with Crippen LogP contribution in [-0.4, -0.2) is 24.3 Å². The lowest BCUT2D eigenvalue weighted by Crippen LogP contribution is -2.26. The van der Waals surface area contributed by atoms with Gasteiger partial charge < -0.3 is 21.3 Å². The van der Waals surface area contributed by atoms with E-state index in [0.717, 1.165) is 17.7 Å². The van der Waals surface area contributed by atoms with E-state index in [1.807, 2.05) is 37.3 Å². The van der Waals surface area contributed by atoms with Crippen LogP contribution >= 0.6 is 0 Å². The number of alkyl halides is 3. The summed E-state index contributed by atoms with van der Waals surface area (Å²) in [5, 5.41) is 11.0. The van der Waals surface area contributed by atoms with Gasteiger partial charge in [-0.25, -0.2) is 0 Å². The monoisotopic (exact) mass is 560 g/mol. The highest BCUT2D eigenvalue weighted by molar-refractivity contribution is 6.05. The maximum absolute atomic E-state index is 12.9. The van der Waals surface area contributed by atoms with E-state index < -0.39 is 17.6 Å². The highest BCUT2D eigenvalue weighted by Gasteiger charge is 2.30. The average molecular weight is 561 g/mol. The number of halogens is 3. The van der Waals surface area contributed by atoms with E-state index in [4.69, 9.17) is 0 Å². The number of amides is 3. The molecule has 4 rings (SSSR count). The van der Waals surface area contributed by atoms with Gasteiger partial charge in [0.05, 0.1) is 18.2 Å². The van der Waals surface area contributed by atoms with Gasteiger partial charge in [-0.15, -0.1) is 0 Å². The molecule has 0 saturated heterocycles. The first kappa shape index (κ1) is 28.9. The van der Waals surface area contributed by atoms with Crippen LogP contribution in [0.1, 0.15) is 44.8 Å². The Kier molecular flexibility index (Phi) is 9.03. The van der Waals surface area contributed by atoms with Crippen molar-refractivity contribution in [1.29, 1.82) is 0 Å². The second-order valence-corrected chi connectivity index (χ2v) is 9.20. The highest BCUT2D eigenvalue weighted by Crippen LogP contribution is 2.30. The summed E-state index contributed by atoms with van der Waals surface area (Å²) in [7, 11) is 0. The van der Waals surface area contributed by atoms with Gasteiger partial charge in [0.1, 0.15) is 0 Å². The van der Waals surface area contributed by atoms with Crippen molar-refractivity contribution in [2.24, 2.45) is 0 Å². The lowest BCUT2D eigenvalue weighted by molar-refractivity contribution is -0.137. The molecule has 4 aromatic rings. The van der Waals surface area contributed by atoms with Crippen LogP contribution in [0.2, 0.25) is 0 Å². The van der Waals surface area contributed by atoms with Gasteiger partial charge in [-0.1, -0.05) is 42.5 Å². The van der Waals surface area contributed by atoms with E-state index in [2.05, 4.69) is 21.3 Å². The smallest absolute Gasteiger partial charge is 0.376 e. The fraction of sp³-hybridized carbons (Fsp3) is 0.129. The molecule has 0 saturated carbocycles. The van der Waals surface area contributed by atoms with Gasteiger partial charge in [-0.3, -0.25) is 14.4 Å². The molecule has 0 heterocycles. The zero-order valence-electron chi connectivity index (χ0n) is 22.0. The zero-order chi connectivity index (χ0) is 29.4. The lowest BCUT2D eigenvalue weighted by atomic mass is 10.1. The summed E-state index contributed by atoms with van der Waals surface area (Å²) in [6.45, 7) is 1.82. The van der Waals surface area contributed by atoms with Crippen LogP contribution in [0, 0.1) is 0 Å². The number of anilines is 3. The molecule has 0 aromatic heterocycles. The maximum atomic E-state index is 12.9. The number of nitrogens with one attached hydrogen (secondary N) is 4. The molecule has 4 aromatic carbocycles. The molecule has 10 heteroatoms. The fourth-order valence-corrected chi connectivity index (χ4v) is 3.95. The molecule has 1 unspecified atom stereocenters. The second kappa shape index (κ2) is 12.8. The van der Waals surface area contributed by atoms with E-state index in [0.29, 0.717) is 16.9 Å². The van der Waals surface area contributed by atoms with Crippen molar-refractivity contribution >= 4 is 34.8 Å². The highest BCUT2D eigenvalue weighted by atomic mass is 19.4. The van der Waals surface area contributed by atoms with Gasteiger partial charge in [-0.2, -0.15) is 13.2 Å². The van der Waals surface area contributed by atoms with Crippen LogP contribution in [0.5, 0.6) is 0 Å². The normalized spacial score (nSPS) is 11.7. The number of hydrogen-bond acceptors (Lipinski definition) is 4. The Morgan fingerprint density at radius 3 is 2.02 bits per heavy atom. The largest absolute Gasteiger partial charge is 0.416 e. The van der Waals surface area contributed by atoms with Gasteiger partial charge in [0.15, 0.2) is 0 Å². The summed E-state index contributed by atoms with van der Waals surface area (Å²) in [5.74, 6) is -1.23. The molecule has 0 fully saturated rings. The molecule has 0 radical (unpaired) electrons. The zero-order valence-corrected chi connectivity index (χ0v) is 22.0. The minimum absolute atomic E-state index is 0.00216. The van der Waals surface area contributed by atoms with E-state index in [1.54, 1.807) is 36.4 Å². The van der Waals surface area contributed by atoms with Crippen LogP contribution in [-0.2, 0) is 11.0 Å². The Hall–Kier alpha value is -5.12. The maximum Gasteiger partial charge on any atom is 0.416 e. The van der Waals surface area contributed by atoms with Crippen molar-refractivity contribution < 1.29 is 27.6 Å². The van der Waals surface area contributed by atoms with E-state index >= 15 is 0 Å². The SMILES string of the molecule is CC(NC(=O)c1ccc(NCC(=O)Nc2cccc(C(=O)Nc3cccc(C(F)(F)F)c3)c2)cc1)c1ccccc1. The Bertz CT molecular complexity index is 1520. The number of rotatable bonds is 9. The van der Waals surface area contributed by atoms with Crippen molar-refractivity contribution in [3.8, 4) is 0 Å². The van der Waals surface area contributed by atoms with Crippen molar-refractivity contribution in [2.75, 3.05) is 22.5 Å². The number of carbonyl (C=O) groups is 3. The molecule has 210 valence electrons. The summed E-state index contributed by atoms with van der Waals surface area (Å²) >= 11 is 0. The third-order valence-corrected chi connectivity index (χ3v) is 6.10. The van der Waals surface area contributed by atoms with Gasteiger partial charge in [0, 0.05) is 28.2 Å². The molecule has 1 atom stereocenters. The third kappa shape index (κ3) is 8.18. The quantitative estimate of drug-likeness (QED) is 0.188. The molecule has 0 aliphatic carbocycles. The molecule has 0 aliphatic rings. The third-order valence-electron chi connectivity index (χ3n) is 6.10. The first-order valence-electron chi connectivity index (χ1n) is 12.7. The molecule has 0 spiro atoms. The summed E-state index contributed by atoms with van der Waals surface area (Å²) in [6.07, 6.45) is -4.53. The van der Waals surface area contributed by atoms with Crippen LogP contribution < -0.4 is 21.3 Å². The Labute approximate surface area is 234 Å². The molecule has 0 bridgehead atoms. The van der Waals surface area contributed by atoms with Gasteiger partial charge in [-0.05, 0) is 73.2 Å². The molecular weight excluding hydrogens is 533 g/mol. The summed E-state index contributed by atoms with van der Waals surface area (Å²) in [6, 6.07) is 26.5. The van der Waals surface area contributed by atoms with Crippen molar-refractivity contribution in [2.45, 2.75) is 19.1 Å². The summed E-state index contributed by atoms with van der Waals surface area (Å²) < 4.78 is 38.8. The summed E-state index contributed by atoms with van der Waals surface area (Å²) in [4.78, 5) is 37.6. The van der Waals surface area contributed by atoms with Crippen LogP contribution in [0.15, 0.2) is 103 Å². The van der Waals surface area contributed by atoms with E-state index in [9.17, 15) is 27.6 Å². The first-order valence-corrected chi connectivity index (χ1v) is 12.7. The first-order chi connectivity index (χ1) is 19.6. The molecule has 7 nitrogen and oxygen atoms in total. The molecule has 4 N–H and O–H groups in total. The van der Waals surface area contributed by atoms with Gasteiger partial charge >= 0.3 is 6.18 Å². The van der Waals surface area contributed by atoms with Gasteiger partial charge in [0.25, 0.3) is 11.8 Å². The predicted molar refractivity (Wildman–Crippen MR) is 152 cm³/mol. The molecule has 0 aliphatic heterocycles. The van der Waals surface area contributed by atoms with E-state index in [-0.39, 0.29) is 35.7 Å². The average Bonchev–Trinajstić information content (AvgIpc) is 2.96. The topological polar surface area (TPSA) is 99.3 Å². The number of carbonyl (C=O) groups excluding carboxylic acids is 3. The minimum Gasteiger partial charge on any atom is -0.376 e.